The van der Waals surface area contributed by atoms with Gasteiger partial charge in [-0.05, 0) is 109 Å². The summed E-state index contributed by atoms with van der Waals surface area (Å²) in [6.45, 7) is 4.10. The summed E-state index contributed by atoms with van der Waals surface area (Å²) in [4.78, 5) is 37.9. The first kappa shape index (κ1) is 73.4. The predicted octanol–water partition coefficient (Wildman–Crippen LogP) is 18.9. The van der Waals surface area contributed by atoms with Crippen LogP contribution in [-0.4, -0.2) is 70.0 Å². The molecule has 0 bridgehead atoms. The number of phosphoric acid groups is 1. The average molecular weight is 1090 g/mol. The summed E-state index contributed by atoms with van der Waals surface area (Å²) < 4.78 is 34.2. The van der Waals surface area contributed by atoms with Crippen LogP contribution >= 0.6 is 7.82 Å². The Balaban J connectivity index is 4.19. The number of nitrogens with zero attached hydrogens (tertiary/aromatic N) is 1. The lowest BCUT2D eigenvalue weighted by Gasteiger charge is -2.28. The predicted molar refractivity (Wildman–Crippen MR) is 328 cm³/mol. The lowest BCUT2D eigenvalue weighted by Crippen LogP contribution is -2.37. The molecule has 0 heterocycles. The first-order valence-corrected chi connectivity index (χ1v) is 32.2. The Kier molecular flexibility index (Phi) is 54.4. The van der Waals surface area contributed by atoms with E-state index in [4.69, 9.17) is 18.5 Å². The molecule has 77 heavy (non-hydrogen) atoms. The molecule has 0 aliphatic carbocycles. The van der Waals surface area contributed by atoms with Gasteiger partial charge in [0.2, 0.25) is 0 Å². The van der Waals surface area contributed by atoms with Gasteiger partial charge in [0.15, 0.2) is 6.10 Å². The molecule has 440 valence electrons. The van der Waals surface area contributed by atoms with Crippen molar-refractivity contribution in [3.63, 3.8) is 0 Å². The zero-order chi connectivity index (χ0) is 56.3. The van der Waals surface area contributed by atoms with Gasteiger partial charge in [0, 0.05) is 12.8 Å². The fourth-order valence-electron chi connectivity index (χ4n) is 8.00. The third-order valence-electron chi connectivity index (χ3n) is 12.7. The van der Waals surface area contributed by atoms with Crippen LogP contribution < -0.4 is 4.89 Å². The van der Waals surface area contributed by atoms with Crippen molar-refractivity contribution in [2.45, 2.75) is 245 Å². The molecule has 10 heteroatoms. The van der Waals surface area contributed by atoms with Gasteiger partial charge in [-0.2, -0.15) is 0 Å². The van der Waals surface area contributed by atoms with Crippen molar-refractivity contribution >= 4 is 19.8 Å². The highest BCUT2D eigenvalue weighted by Crippen LogP contribution is 2.38. The maximum absolute atomic E-state index is 12.8. The normalized spacial score (nSPS) is 14.1. The van der Waals surface area contributed by atoms with Gasteiger partial charge in [-0.15, -0.1) is 0 Å². The monoisotopic (exact) mass is 1090 g/mol. The van der Waals surface area contributed by atoms with Gasteiger partial charge < -0.3 is 27.9 Å². The molecule has 0 aliphatic rings. The highest BCUT2D eigenvalue weighted by atomic mass is 31.2. The summed E-state index contributed by atoms with van der Waals surface area (Å²) in [5, 5.41) is 0. The van der Waals surface area contributed by atoms with Gasteiger partial charge in [0.25, 0.3) is 7.82 Å². The molecule has 0 fully saturated rings. The maximum atomic E-state index is 12.8. The van der Waals surface area contributed by atoms with E-state index < -0.39 is 32.5 Å². The largest absolute Gasteiger partial charge is 0.756 e. The number of hydrogen-bond donors (Lipinski definition) is 0. The van der Waals surface area contributed by atoms with E-state index in [0.717, 1.165) is 122 Å². The number of ether oxygens (including phenoxy) is 2. The Morgan fingerprint density at radius 2 is 0.740 bits per heavy atom. The highest BCUT2D eigenvalue weighted by molar-refractivity contribution is 7.45. The Morgan fingerprint density at radius 3 is 1.12 bits per heavy atom. The zero-order valence-electron chi connectivity index (χ0n) is 49.9. The minimum Gasteiger partial charge on any atom is -0.756 e. The molecule has 0 saturated heterocycles. The van der Waals surface area contributed by atoms with Gasteiger partial charge in [0.05, 0.1) is 27.7 Å². The van der Waals surface area contributed by atoms with Gasteiger partial charge in [0.1, 0.15) is 19.8 Å². The molecule has 2 unspecified atom stereocenters. The van der Waals surface area contributed by atoms with Crippen LogP contribution in [0.2, 0.25) is 0 Å². The van der Waals surface area contributed by atoms with Gasteiger partial charge in [-0.3, -0.25) is 14.2 Å². The summed E-state index contributed by atoms with van der Waals surface area (Å²) in [7, 11) is 1.14. The number of rotatable bonds is 55. The average Bonchev–Trinajstić information content (AvgIpc) is 3.39. The van der Waals surface area contributed by atoms with Crippen molar-refractivity contribution in [3.05, 3.63) is 122 Å². The fourth-order valence-corrected chi connectivity index (χ4v) is 8.72. The number of esters is 2. The minimum atomic E-state index is -4.65. The smallest absolute Gasteiger partial charge is 0.306 e. The van der Waals surface area contributed by atoms with Crippen molar-refractivity contribution in [3.8, 4) is 0 Å². The zero-order valence-corrected chi connectivity index (χ0v) is 50.8. The van der Waals surface area contributed by atoms with Gasteiger partial charge >= 0.3 is 11.9 Å². The molecule has 0 rings (SSSR count). The number of carbonyl (C=O) groups excluding carboxylic acids is 2. The summed E-state index contributed by atoms with van der Waals surface area (Å²) in [5.74, 6) is -0.856. The maximum Gasteiger partial charge on any atom is 0.306 e. The Morgan fingerprint density at radius 1 is 0.416 bits per heavy atom. The van der Waals surface area contributed by atoms with Crippen LogP contribution in [0, 0.1) is 0 Å². The molecule has 0 amide bonds. The SMILES string of the molecule is CC/C=C\C/C=C\C/C=C\C/C=C\C/C=C\C/C=C\C/C=C\C/C=C\C/C=C\CCCCCCCCCC(=O)OC(COC(=O)CCCCCCCCC/C=C\CCCCCCCCC)COP(=O)([O-])OCC[N+](C)(C)C. The minimum absolute atomic E-state index is 0.0396. The topological polar surface area (TPSA) is 111 Å². The van der Waals surface area contributed by atoms with Crippen LogP contribution in [0.3, 0.4) is 0 Å². The Bertz CT molecular complexity index is 1710. The molecular weight excluding hydrogens is 978 g/mol. The summed E-state index contributed by atoms with van der Waals surface area (Å²) in [6.07, 6.45) is 81.0. The van der Waals surface area contributed by atoms with Gasteiger partial charge in [-0.25, -0.2) is 0 Å². The second-order valence-electron chi connectivity index (χ2n) is 21.3. The van der Waals surface area contributed by atoms with E-state index in [1.807, 2.05) is 21.1 Å². The van der Waals surface area contributed by atoms with Crippen LogP contribution in [0.5, 0.6) is 0 Å². The number of allylic oxidation sites excluding steroid dienone is 20. The second kappa shape index (κ2) is 57.1. The third-order valence-corrected chi connectivity index (χ3v) is 13.7. The van der Waals surface area contributed by atoms with Crippen LogP contribution in [0.4, 0.5) is 0 Å². The standard InChI is InChI=1S/C67H114NO8P/c1-6-8-10-12-14-16-18-20-22-24-26-27-28-29-30-31-32-33-34-35-36-37-38-39-40-41-42-44-46-48-50-52-54-56-58-60-67(70)76-65(64-75-77(71,72)74-62-61-68(3,4)5)63-73-66(69)59-57-55-53-51-49-47-45-43-25-23-21-19-17-15-13-11-9-7-2/h8,10,14,16,20,22-23,25-27,29-30,32-33,35-36,38-39,41-42,65H,6-7,9,11-13,15,17-19,21,24,28,31,34,37,40,43-64H2,1-5H3/b10-8-,16-14-,22-20-,25-23-,27-26-,30-29-,33-32-,36-35-,39-38-,42-41-. The number of unbranched alkanes of at least 4 members (excludes halogenated alkanes) is 21. The number of likely N-dealkylation sites (N-methyl/N-ethyl adjacent to an activating group) is 1. The Hall–Kier alpha value is -3.59. The van der Waals surface area contributed by atoms with Crippen LogP contribution in [0.25, 0.3) is 0 Å². The van der Waals surface area contributed by atoms with E-state index in [2.05, 4.69) is 135 Å². The lowest BCUT2D eigenvalue weighted by atomic mass is 10.1. The summed E-state index contributed by atoms with van der Waals surface area (Å²) in [5.41, 5.74) is 0. The van der Waals surface area contributed by atoms with E-state index in [-0.39, 0.29) is 26.1 Å². The van der Waals surface area contributed by atoms with Crippen molar-refractivity contribution in [2.24, 2.45) is 0 Å². The van der Waals surface area contributed by atoms with Crippen molar-refractivity contribution in [1.29, 1.82) is 0 Å². The second-order valence-corrected chi connectivity index (χ2v) is 22.7. The molecule has 0 saturated carbocycles. The first-order chi connectivity index (χ1) is 37.5. The molecule has 0 radical (unpaired) electrons. The number of phosphoric ester groups is 1. The lowest BCUT2D eigenvalue weighted by molar-refractivity contribution is -0.870. The van der Waals surface area contributed by atoms with Crippen LogP contribution in [0.1, 0.15) is 239 Å². The van der Waals surface area contributed by atoms with Crippen molar-refractivity contribution in [1.82, 2.24) is 0 Å². The Labute approximate surface area is 473 Å². The molecule has 0 aliphatic heterocycles. The number of quaternary nitrogens is 1. The number of hydrogen-bond acceptors (Lipinski definition) is 8. The van der Waals surface area contributed by atoms with Crippen LogP contribution in [-0.2, 0) is 32.7 Å². The van der Waals surface area contributed by atoms with E-state index in [1.165, 1.54) is 83.5 Å². The molecule has 0 aromatic rings. The molecule has 0 aromatic heterocycles. The number of carbonyl (C=O) groups is 2. The fraction of sp³-hybridized carbons (Fsp3) is 0.672. The van der Waals surface area contributed by atoms with E-state index >= 15 is 0 Å². The molecule has 0 N–H and O–H groups in total. The van der Waals surface area contributed by atoms with Crippen molar-refractivity contribution in [2.75, 3.05) is 47.5 Å². The molecule has 0 aromatic carbocycles. The summed E-state index contributed by atoms with van der Waals surface area (Å²) in [6, 6.07) is 0. The van der Waals surface area contributed by atoms with Crippen molar-refractivity contribution < 1.29 is 42.1 Å². The quantitative estimate of drug-likeness (QED) is 0.0195. The third kappa shape index (κ3) is 61.5. The molecule has 2 atom stereocenters. The summed E-state index contributed by atoms with van der Waals surface area (Å²) >= 11 is 0. The highest BCUT2D eigenvalue weighted by Gasteiger charge is 2.22. The molecule has 0 spiro atoms. The van der Waals surface area contributed by atoms with E-state index in [1.54, 1.807) is 0 Å². The molecule has 9 nitrogen and oxygen atoms in total. The first-order valence-electron chi connectivity index (χ1n) is 30.7. The molecular formula is C67H114NO8P. The van der Waals surface area contributed by atoms with E-state index in [9.17, 15) is 19.0 Å². The van der Waals surface area contributed by atoms with E-state index in [0.29, 0.717) is 17.4 Å². The van der Waals surface area contributed by atoms with Crippen LogP contribution in [0.15, 0.2) is 122 Å². The van der Waals surface area contributed by atoms with Gasteiger partial charge in [-0.1, -0.05) is 238 Å².